The van der Waals surface area contributed by atoms with E-state index in [9.17, 15) is 9.59 Å². The van der Waals surface area contributed by atoms with E-state index in [-0.39, 0.29) is 24.3 Å². The van der Waals surface area contributed by atoms with E-state index in [0.29, 0.717) is 6.54 Å². The van der Waals surface area contributed by atoms with Gasteiger partial charge in [-0.05, 0) is 25.0 Å². The van der Waals surface area contributed by atoms with Crippen molar-refractivity contribution in [2.45, 2.75) is 25.2 Å². The minimum Gasteiger partial charge on any atom is -0.338 e. The molecule has 2 aromatic rings. The first-order valence-electron chi connectivity index (χ1n) is 9.27. The third-order valence-electron chi connectivity index (χ3n) is 5.54. The highest BCUT2D eigenvalue weighted by molar-refractivity contribution is 6.14. The summed E-state index contributed by atoms with van der Waals surface area (Å²) in [4.78, 5) is 30.3. The van der Waals surface area contributed by atoms with Gasteiger partial charge in [-0.3, -0.25) is 14.5 Å². The van der Waals surface area contributed by atoms with Gasteiger partial charge in [0.2, 0.25) is 5.91 Å². The van der Waals surface area contributed by atoms with Gasteiger partial charge in [0.15, 0.2) is 0 Å². The van der Waals surface area contributed by atoms with Crippen LogP contribution in [0.2, 0.25) is 0 Å². The number of hydrogen-bond donors (Lipinski definition) is 0. The Hall–Kier alpha value is -2.92. The predicted octanol–water partition coefficient (Wildman–Crippen LogP) is 3.35. The van der Waals surface area contributed by atoms with Crippen molar-refractivity contribution in [1.29, 1.82) is 0 Å². The second-order valence-electron chi connectivity index (χ2n) is 7.23. The lowest BCUT2D eigenvalue weighted by atomic mass is 9.96. The molecule has 1 atom stereocenters. The van der Waals surface area contributed by atoms with Crippen LogP contribution in [0.25, 0.3) is 0 Å². The highest BCUT2D eigenvalue weighted by Gasteiger charge is 2.61. The Bertz CT molecular complexity index is 966. The van der Waals surface area contributed by atoms with Gasteiger partial charge >= 0.3 is 0 Å². The molecular formula is C22H20N2O3. The molecule has 0 bridgehead atoms. The number of anilines is 2. The maximum atomic E-state index is 13.7. The number of benzene rings is 2. The van der Waals surface area contributed by atoms with Crippen molar-refractivity contribution in [3.63, 3.8) is 0 Å². The van der Waals surface area contributed by atoms with E-state index in [1.807, 2.05) is 48.5 Å². The molecule has 0 radical (unpaired) electrons. The molecule has 1 spiro atoms. The zero-order chi connectivity index (χ0) is 18.6. The normalized spacial score (nSPS) is 23.3. The minimum absolute atomic E-state index is 0.0363. The van der Waals surface area contributed by atoms with E-state index in [4.69, 9.17) is 4.74 Å². The van der Waals surface area contributed by atoms with Crippen LogP contribution >= 0.6 is 0 Å². The molecule has 0 N–H and O–H groups in total. The lowest BCUT2D eigenvalue weighted by Crippen LogP contribution is -2.60. The van der Waals surface area contributed by atoms with Gasteiger partial charge in [-0.25, -0.2) is 0 Å². The molecule has 2 amide bonds. The van der Waals surface area contributed by atoms with Gasteiger partial charge in [0.1, 0.15) is 0 Å². The van der Waals surface area contributed by atoms with Crippen LogP contribution in [-0.4, -0.2) is 18.4 Å². The number of fused-ring (bicyclic) bond motifs is 3. The monoisotopic (exact) mass is 360 g/mol. The number of para-hydroxylation sites is 2. The summed E-state index contributed by atoms with van der Waals surface area (Å²) in [7, 11) is 0. The van der Waals surface area contributed by atoms with Crippen molar-refractivity contribution in [2.24, 2.45) is 5.92 Å². The summed E-state index contributed by atoms with van der Waals surface area (Å²) in [5, 5.41) is 0. The van der Waals surface area contributed by atoms with Crippen LogP contribution in [0.4, 0.5) is 11.4 Å². The molecule has 0 saturated heterocycles. The molecule has 1 aliphatic carbocycles. The van der Waals surface area contributed by atoms with Crippen LogP contribution in [0.5, 0.6) is 0 Å². The van der Waals surface area contributed by atoms with Crippen molar-refractivity contribution >= 4 is 23.2 Å². The number of hydrogen-bond acceptors (Lipinski definition) is 3. The zero-order valence-electron chi connectivity index (χ0n) is 14.9. The Balaban J connectivity index is 1.75. The van der Waals surface area contributed by atoms with E-state index in [1.54, 1.807) is 15.9 Å². The molecule has 2 heterocycles. The zero-order valence-corrected chi connectivity index (χ0v) is 14.9. The lowest BCUT2D eigenvalue weighted by Gasteiger charge is -2.44. The first-order chi connectivity index (χ1) is 13.2. The van der Waals surface area contributed by atoms with Crippen LogP contribution in [0.15, 0.2) is 61.2 Å². The number of nitrogens with zero attached hydrogens (tertiary/aromatic N) is 2. The standard InChI is InChI=1S/C22H20N2O3/c1-2-13-23-19-10-6-4-8-17(19)22(21(23)26)24(20(25)15-11-12-15)18-9-5-3-7-16(18)14-27-22/h2-10,15H,1,11-14H2. The molecule has 5 nitrogen and oxygen atoms in total. The van der Waals surface area contributed by atoms with Gasteiger partial charge < -0.3 is 9.64 Å². The van der Waals surface area contributed by atoms with Crippen LogP contribution in [0.3, 0.4) is 0 Å². The van der Waals surface area contributed by atoms with Crippen molar-refractivity contribution in [2.75, 3.05) is 16.3 Å². The molecule has 1 fully saturated rings. The molecule has 3 aliphatic rings. The average Bonchev–Trinajstić information content (AvgIpc) is 3.53. The summed E-state index contributed by atoms with van der Waals surface area (Å²) in [6, 6.07) is 15.2. The molecule has 136 valence electrons. The number of carbonyl (C=O) groups excluding carboxylic acids is 2. The van der Waals surface area contributed by atoms with E-state index in [2.05, 4.69) is 6.58 Å². The second kappa shape index (κ2) is 5.79. The second-order valence-corrected chi connectivity index (χ2v) is 7.23. The maximum absolute atomic E-state index is 13.7. The molecular weight excluding hydrogens is 340 g/mol. The smallest absolute Gasteiger partial charge is 0.286 e. The average molecular weight is 360 g/mol. The molecule has 27 heavy (non-hydrogen) atoms. The molecule has 5 rings (SSSR count). The highest BCUT2D eigenvalue weighted by Crippen LogP contribution is 2.51. The quantitative estimate of drug-likeness (QED) is 0.789. The molecule has 1 unspecified atom stereocenters. The van der Waals surface area contributed by atoms with Gasteiger partial charge in [0.25, 0.3) is 11.6 Å². The van der Waals surface area contributed by atoms with Crippen LogP contribution in [-0.2, 0) is 26.7 Å². The fraction of sp³-hybridized carbons (Fsp3) is 0.273. The van der Waals surface area contributed by atoms with Crippen molar-refractivity contribution in [3.05, 3.63) is 72.3 Å². The number of rotatable bonds is 3. The Morgan fingerprint density at radius 2 is 1.85 bits per heavy atom. The van der Waals surface area contributed by atoms with Crippen molar-refractivity contribution in [1.82, 2.24) is 0 Å². The number of amides is 2. The Morgan fingerprint density at radius 3 is 2.59 bits per heavy atom. The summed E-state index contributed by atoms with van der Waals surface area (Å²) < 4.78 is 6.26. The third-order valence-corrected chi connectivity index (χ3v) is 5.54. The number of ether oxygens (including phenoxy) is 1. The van der Waals surface area contributed by atoms with Crippen LogP contribution in [0, 0.1) is 5.92 Å². The highest BCUT2D eigenvalue weighted by atomic mass is 16.5. The number of carbonyl (C=O) groups is 2. The molecule has 0 aromatic heterocycles. The van der Waals surface area contributed by atoms with Gasteiger partial charge in [-0.1, -0.05) is 42.5 Å². The summed E-state index contributed by atoms with van der Waals surface area (Å²) in [6.45, 7) is 4.43. The van der Waals surface area contributed by atoms with Gasteiger partial charge in [-0.15, -0.1) is 6.58 Å². The summed E-state index contributed by atoms with van der Waals surface area (Å²) in [5.74, 6) is -0.303. The Kier molecular flexibility index (Phi) is 3.49. The minimum atomic E-state index is -1.44. The maximum Gasteiger partial charge on any atom is 0.286 e. The lowest BCUT2D eigenvalue weighted by molar-refractivity contribution is -0.153. The third kappa shape index (κ3) is 2.15. The van der Waals surface area contributed by atoms with Crippen LogP contribution < -0.4 is 9.80 Å². The first-order valence-corrected chi connectivity index (χ1v) is 9.27. The molecule has 2 aromatic carbocycles. The van der Waals surface area contributed by atoms with Gasteiger partial charge in [0, 0.05) is 23.6 Å². The van der Waals surface area contributed by atoms with Crippen molar-refractivity contribution in [3.8, 4) is 0 Å². The largest absolute Gasteiger partial charge is 0.338 e. The molecule has 2 aliphatic heterocycles. The molecule has 1 saturated carbocycles. The fourth-order valence-electron chi connectivity index (χ4n) is 4.12. The van der Waals surface area contributed by atoms with E-state index < -0.39 is 5.72 Å². The van der Waals surface area contributed by atoms with Gasteiger partial charge in [0.05, 0.1) is 18.0 Å². The van der Waals surface area contributed by atoms with Gasteiger partial charge in [-0.2, -0.15) is 0 Å². The van der Waals surface area contributed by atoms with E-state index in [1.165, 1.54) is 0 Å². The summed E-state index contributed by atoms with van der Waals surface area (Å²) in [5.41, 5.74) is 1.75. The van der Waals surface area contributed by atoms with E-state index >= 15 is 0 Å². The molecule has 5 heteroatoms. The van der Waals surface area contributed by atoms with Crippen LogP contribution in [0.1, 0.15) is 24.0 Å². The SMILES string of the molecule is C=CCN1C(=O)C2(OCc3ccccc3N2C(=O)C2CC2)c2ccccc21. The Labute approximate surface area is 157 Å². The predicted molar refractivity (Wildman–Crippen MR) is 102 cm³/mol. The topological polar surface area (TPSA) is 49.9 Å². The summed E-state index contributed by atoms with van der Waals surface area (Å²) in [6.07, 6.45) is 3.41. The first kappa shape index (κ1) is 16.3. The van der Waals surface area contributed by atoms with Crippen molar-refractivity contribution < 1.29 is 14.3 Å². The van der Waals surface area contributed by atoms with E-state index in [0.717, 1.165) is 35.3 Å². The fourth-order valence-corrected chi connectivity index (χ4v) is 4.12. The Morgan fingerprint density at radius 1 is 1.15 bits per heavy atom. The summed E-state index contributed by atoms with van der Waals surface area (Å²) >= 11 is 0.